The van der Waals surface area contributed by atoms with E-state index in [4.69, 9.17) is 14.2 Å². The highest BCUT2D eigenvalue weighted by atomic mass is 16.6. The minimum Gasteiger partial charge on any atom is -0.488 e. The standard InChI is InChI=1S/C27H32O5/c1-9-24(28)30-23-15-12-21(16-19(23)4)20-10-13-22(14-11-20)31-26(5,6)17-27(7,8)32-25(29)18(2)3/h9-16H,1-2,17H2,3-8H3. The van der Waals surface area contributed by atoms with Crippen LogP contribution in [0.25, 0.3) is 11.1 Å². The number of hydrogen-bond donors (Lipinski definition) is 0. The van der Waals surface area contributed by atoms with E-state index in [0.717, 1.165) is 22.8 Å². The maximum Gasteiger partial charge on any atom is 0.335 e. The first-order chi connectivity index (χ1) is 14.8. The molecule has 0 aliphatic heterocycles. The summed E-state index contributed by atoms with van der Waals surface area (Å²) in [5, 5.41) is 0. The molecule has 2 rings (SSSR count). The molecule has 0 N–H and O–H groups in total. The lowest BCUT2D eigenvalue weighted by Crippen LogP contribution is -2.40. The van der Waals surface area contributed by atoms with Crippen molar-refractivity contribution in [3.8, 4) is 22.6 Å². The van der Waals surface area contributed by atoms with E-state index < -0.39 is 23.1 Å². The smallest absolute Gasteiger partial charge is 0.335 e. The topological polar surface area (TPSA) is 61.8 Å². The maximum atomic E-state index is 11.9. The fraction of sp³-hybridized carbons (Fsp3) is 0.333. The van der Waals surface area contributed by atoms with Crippen LogP contribution in [0, 0.1) is 6.92 Å². The molecule has 0 unspecified atom stereocenters. The Hall–Kier alpha value is -3.34. The molecule has 5 nitrogen and oxygen atoms in total. The van der Waals surface area contributed by atoms with E-state index in [1.54, 1.807) is 13.0 Å². The summed E-state index contributed by atoms with van der Waals surface area (Å²) < 4.78 is 17.0. The highest BCUT2D eigenvalue weighted by Crippen LogP contribution is 2.31. The van der Waals surface area contributed by atoms with Gasteiger partial charge in [0.05, 0.1) is 0 Å². The Labute approximate surface area is 190 Å². The second kappa shape index (κ2) is 9.86. The van der Waals surface area contributed by atoms with Gasteiger partial charge in [-0.3, -0.25) is 0 Å². The van der Waals surface area contributed by atoms with Crippen LogP contribution in [-0.2, 0) is 14.3 Å². The third-order valence-corrected chi connectivity index (χ3v) is 4.70. The molecular formula is C27H32O5. The average Bonchev–Trinajstić information content (AvgIpc) is 2.68. The van der Waals surface area contributed by atoms with Crippen molar-refractivity contribution >= 4 is 11.9 Å². The summed E-state index contributed by atoms with van der Waals surface area (Å²) in [6.07, 6.45) is 1.64. The van der Waals surface area contributed by atoms with E-state index >= 15 is 0 Å². The number of benzene rings is 2. The number of carbonyl (C=O) groups is 2. The summed E-state index contributed by atoms with van der Waals surface area (Å²) >= 11 is 0. The maximum absolute atomic E-state index is 11.9. The first-order valence-corrected chi connectivity index (χ1v) is 10.4. The van der Waals surface area contributed by atoms with Gasteiger partial charge in [0.2, 0.25) is 0 Å². The van der Waals surface area contributed by atoms with Gasteiger partial charge in [-0.2, -0.15) is 0 Å². The molecule has 0 fully saturated rings. The second-order valence-electron chi connectivity index (χ2n) is 9.10. The SMILES string of the molecule is C=CC(=O)Oc1ccc(-c2ccc(OC(C)(C)CC(C)(C)OC(=O)C(=C)C)cc2)cc1C. The molecule has 0 aliphatic rings. The molecule has 5 heteroatoms. The van der Waals surface area contributed by atoms with E-state index in [0.29, 0.717) is 23.5 Å². The Morgan fingerprint density at radius 1 is 0.969 bits per heavy atom. The van der Waals surface area contributed by atoms with Gasteiger partial charge in [-0.05, 0) is 82.5 Å². The van der Waals surface area contributed by atoms with Gasteiger partial charge in [0.1, 0.15) is 22.7 Å². The van der Waals surface area contributed by atoms with Crippen LogP contribution in [0.3, 0.4) is 0 Å². The van der Waals surface area contributed by atoms with Crippen LogP contribution in [0.2, 0.25) is 0 Å². The molecule has 2 aromatic carbocycles. The van der Waals surface area contributed by atoms with Crippen LogP contribution in [0.5, 0.6) is 11.5 Å². The third-order valence-electron chi connectivity index (χ3n) is 4.70. The number of carbonyl (C=O) groups excluding carboxylic acids is 2. The van der Waals surface area contributed by atoms with E-state index in [1.807, 2.05) is 71.0 Å². The molecule has 0 radical (unpaired) electrons. The van der Waals surface area contributed by atoms with E-state index in [9.17, 15) is 9.59 Å². The summed E-state index contributed by atoms with van der Waals surface area (Å²) in [6.45, 7) is 18.2. The van der Waals surface area contributed by atoms with Gasteiger partial charge in [0, 0.05) is 18.1 Å². The quantitative estimate of drug-likeness (QED) is 0.266. The number of aryl methyl sites for hydroxylation is 1. The van der Waals surface area contributed by atoms with Crippen LogP contribution in [0.15, 0.2) is 67.3 Å². The number of rotatable bonds is 9. The lowest BCUT2D eigenvalue weighted by molar-refractivity contribution is -0.155. The Bertz CT molecular complexity index is 1010. The van der Waals surface area contributed by atoms with Crippen LogP contribution in [0.4, 0.5) is 0 Å². The van der Waals surface area contributed by atoms with Crippen molar-refractivity contribution in [3.05, 3.63) is 72.8 Å². The molecule has 0 saturated carbocycles. The average molecular weight is 437 g/mol. The molecule has 0 aliphatic carbocycles. The summed E-state index contributed by atoms with van der Waals surface area (Å²) in [6, 6.07) is 13.4. The highest BCUT2D eigenvalue weighted by Gasteiger charge is 2.33. The highest BCUT2D eigenvalue weighted by molar-refractivity contribution is 5.87. The molecule has 0 heterocycles. The third kappa shape index (κ3) is 7.12. The summed E-state index contributed by atoms with van der Waals surface area (Å²) in [5.41, 5.74) is 1.97. The fourth-order valence-corrected chi connectivity index (χ4v) is 3.56. The summed E-state index contributed by atoms with van der Waals surface area (Å²) in [4.78, 5) is 23.3. The molecule has 0 aromatic heterocycles. The Morgan fingerprint density at radius 2 is 1.56 bits per heavy atom. The van der Waals surface area contributed by atoms with Gasteiger partial charge in [-0.25, -0.2) is 9.59 Å². The van der Waals surface area contributed by atoms with Crippen LogP contribution < -0.4 is 9.47 Å². The van der Waals surface area contributed by atoms with Crippen molar-refractivity contribution in [1.29, 1.82) is 0 Å². The van der Waals surface area contributed by atoms with E-state index in [2.05, 4.69) is 13.2 Å². The van der Waals surface area contributed by atoms with Crippen molar-refractivity contribution in [1.82, 2.24) is 0 Å². The Morgan fingerprint density at radius 3 is 2.09 bits per heavy atom. The lowest BCUT2D eigenvalue weighted by Gasteiger charge is -2.35. The zero-order valence-corrected chi connectivity index (χ0v) is 19.8. The van der Waals surface area contributed by atoms with E-state index in [-0.39, 0.29) is 0 Å². The number of ether oxygens (including phenoxy) is 3. The van der Waals surface area contributed by atoms with Gasteiger partial charge in [-0.15, -0.1) is 0 Å². The van der Waals surface area contributed by atoms with Gasteiger partial charge in [0.25, 0.3) is 0 Å². The van der Waals surface area contributed by atoms with Crippen molar-refractivity contribution < 1.29 is 23.8 Å². The number of hydrogen-bond acceptors (Lipinski definition) is 5. The van der Waals surface area contributed by atoms with Crippen LogP contribution >= 0.6 is 0 Å². The van der Waals surface area contributed by atoms with E-state index in [1.165, 1.54) is 0 Å². The van der Waals surface area contributed by atoms with Crippen molar-refractivity contribution in [2.75, 3.05) is 0 Å². The molecule has 0 bridgehead atoms. The monoisotopic (exact) mass is 436 g/mol. The van der Waals surface area contributed by atoms with Crippen molar-refractivity contribution in [2.45, 2.75) is 59.2 Å². The first kappa shape index (κ1) is 24.9. The Kier molecular flexibility index (Phi) is 7.68. The van der Waals surface area contributed by atoms with Gasteiger partial charge >= 0.3 is 11.9 Å². The van der Waals surface area contributed by atoms with Gasteiger partial charge < -0.3 is 14.2 Å². The zero-order chi connectivity index (χ0) is 24.1. The minimum absolute atomic E-state index is 0.370. The lowest BCUT2D eigenvalue weighted by atomic mass is 9.92. The molecule has 0 saturated heterocycles. The fourth-order valence-electron chi connectivity index (χ4n) is 3.56. The molecule has 0 amide bonds. The normalized spacial score (nSPS) is 11.4. The Balaban J connectivity index is 2.09. The molecule has 0 spiro atoms. The van der Waals surface area contributed by atoms with Crippen LogP contribution in [-0.4, -0.2) is 23.1 Å². The molecular weight excluding hydrogens is 404 g/mol. The van der Waals surface area contributed by atoms with Crippen molar-refractivity contribution in [3.63, 3.8) is 0 Å². The number of esters is 2. The molecule has 0 atom stereocenters. The van der Waals surface area contributed by atoms with Gasteiger partial charge in [-0.1, -0.05) is 31.4 Å². The molecule has 2 aromatic rings. The predicted octanol–water partition coefficient (Wildman–Crippen LogP) is 6.20. The second-order valence-corrected chi connectivity index (χ2v) is 9.10. The zero-order valence-electron chi connectivity index (χ0n) is 19.8. The minimum atomic E-state index is -0.701. The van der Waals surface area contributed by atoms with Gasteiger partial charge in [0.15, 0.2) is 0 Å². The van der Waals surface area contributed by atoms with Crippen molar-refractivity contribution in [2.24, 2.45) is 0 Å². The predicted molar refractivity (Wildman–Crippen MR) is 127 cm³/mol. The summed E-state index contributed by atoms with van der Waals surface area (Å²) in [7, 11) is 0. The molecule has 170 valence electrons. The molecule has 32 heavy (non-hydrogen) atoms. The first-order valence-electron chi connectivity index (χ1n) is 10.4. The summed E-state index contributed by atoms with van der Waals surface area (Å²) in [5.74, 6) is 0.336. The van der Waals surface area contributed by atoms with Crippen LogP contribution in [0.1, 0.15) is 46.6 Å². The largest absolute Gasteiger partial charge is 0.488 e.